The van der Waals surface area contributed by atoms with Crippen LogP contribution in [0, 0.1) is 0 Å². The van der Waals surface area contributed by atoms with Crippen LogP contribution >= 0.6 is 0 Å². The van der Waals surface area contributed by atoms with Crippen LogP contribution in [-0.4, -0.2) is 25.6 Å². The Kier molecular flexibility index (Phi) is 3.00. The summed E-state index contributed by atoms with van der Waals surface area (Å²) in [5.74, 6) is -1.20. The van der Waals surface area contributed by atoms with Crippen molar-refractivity contribution in [3.8, 4) is 0 Å². The Hall–Kier alpha value is -2.02. The summed E-state index contributed by atoms with van der Waals surface area (Å²) in [5.41, 5.74) is -0.233. The van der Waals surface area contributed by atoms with Crippen molar-refractivity contribution in [2.75, 3.05) is 0 Å². The number of carboxylic acids is 1. The second-order valence-corrected chi connectivity index (χ2v) is 3.86. The number of alkyl halides is 2. The number of aliphatic hydroxyl groups is 1. The molecule has 2 aromatic rings. The Balaban J connectivity index is 2.73. The Morgan fingerprint density at radius 2 is 2.11 bits per heavy atom. The van der Waals surface area contributed by atoms with E-state index in [9.17, 15) is 18.7 Å². The highest BCUT2D eigenvalue weighted by Gasteiger charge is 2.18. The number of imidazole rings is 1. The number of hydrogen-bond donors (Lipinski definition) is 2. The van der Waals surface area contributed by atoms with Gasteiger partial charge >= 0.3 is 5.97 Å². The number of carbonyl (C=O) groups is 1. The maximum atomic E-state index is 12.5. The number of rotatable bonds is 3. The molecule has 0 saturated carbocycles. The van der Waals surface area contributed by atoms with Gasteiger partial charge in [-0.1, -0.05) is 0 Å². The minimum Gasteiger partial charge on any atom is -0.478 e. The third kappa shape index (κ3) is 2.04. The second kappa shape index (κ2) is 4.34. The topological polar surface area (TPSA) is 74.8 Å². The summed E-state index contributed by atoms with van der Waals surface area (Å²) >= 11 is 0. The number of hydrogen-bond acceptors (Lipinski definition) is 3. The molecule has 18 heavy (non-hydrogen) atoms. The molecule has 0 radical (unpaired) electrons. The van der Waals surface area contributed by atoms with Crippen molar-refractivity contribution in [2.24, 2.45) is 0 Å². The number of aromatic nitrogens is 2. The molecule has 2 rings (SSSR count). The van der Waals surface area contributed by atoms with E-state index in [0.717, 1.165) is 6.20 Å². The molecule has 0 bridgehead atoms. The lowest BCUT2D eigenvalue weighted by molar-refractivity contribution is 0.0696. The fourth-order valence-corrected chi connectivity index (χ4v) is 1.67. The van der Waals surface area contributed by atoms with E-state index in [1.807, 2.05) is 0 Å². The van der Waals surface area contributed by atoms with Gasteiger partial charge in [-0.3, -0.25) is 0 Å². The van der Waals surface area contributed by atoms with Crippen molar-refractivity contribution < 1.29 is 23.8 Å². The molecule has 0 aliphatic carbocycles. The van der Waals surface area contributed by atoms with Gasteiger partial charge in [0.05, 0.1) is 11.7 Å². The van der Waals surface area contributed by atoms with Crippen molar-refractivity contribution in [1.29, 1.82) is 0 Å². The summed E-state index contributed by atoms with van der Waals surface area (Å²) in [7, 11) is 0. The van der Waals surface area contributed by atoms with Gasteiger partial charge in [0.2, 0.25) is 0 Å². The molecule has 0 aliphatic rings. The summed E-state index contributed by atoms with van der Waals surface area (Å²) in [5, 5.41) is 18.4. The average Bonchev–Trinajstić information content (AvgIpc) is 2.70. The molecular formula is C11H10F2N2O3. The van der Waals surface area contributed by atoms with E-state index >= 15 is 0 Å². The van der Waals surface area contributed by atoms with E-state index in [0.29, 0.717) is 0 Å². The molecule has 96 valence electrons. The molecule has 7 heteroatoms. The minimum atomic E-state index is -2.75. The zero-order chi connectivity index (χ0) is 13.4. The van der Waals surface area contributed by atoms with E-state index in [2.05, 4.69) is 4.98 Å². The van der Waals surface area contributed by atoms with Crippen molar-refractivity contribution in [2.45, 2.75) is 19.5 Å². The zero-order valence-corrected chi connectivity index (χ0v) is 9.34. The number of nitrogens with zero attached hydrogens (tertiary/aromatic N) is 2. The molecule has 0 amide bonds. The van der Waals surface area contributed by atoms with Gasteiger partial charge in [-0.2, -0.15) is 0 Å². The highest BCUT2D eigenvalue weighted by Crippen LogP contribution is 2.24. The van der Waals surface area contributed by atoms with Gasteiger partial charge in [0.25, 0.3) is 6.43 Å². The first kappa shape index (κ1) is 12.4. The average molecular weight is 256 g/mol. The standard InChI is InChI=1S/C11H10F2N2O3/c1-5(16)7-2-6(11(17)18)3-15-4-8(9(12)13)14-10(7)15/h2-5,9,16H,1H3,(H,17,18). The van der Waals surface area contributed by atoms with Crippen LogP contribution in [-0.2, 0) is 0 Å². The molecule has 2 N–H and O–H groups in total. The molecule has 1 atom stereocenters. The van der Waals surface area contributed by atoms with E-state index < -0.39 is 24.2 Å². The molecule has 0 spiro atoms. The third-order valence-electron chi connectivity index (χ3n) is 2.52. The highest BCUT2D eigenvalue weighted by atomic mass is 19.3. The molecule has 2 aromatic heterocycles. The van der Waals surface area contributed by atoms with Crippen LogP contribution in [0.5, 0.6) is 0 Å². The first-order valence-electron chi connectivity index (χ1n) is 5.12. The Morgan fingerprint density at radius 1 is 1.44 bits per heavy atom. The first-order chi connectivity index (χ1) is 8.40. The van der Waals surface area contributed by atoms with E-state index in [-0.39, 0.29) is 16.8 Å². The van der Waals surface area contributed by atoms with Crippen molar-refractivity contribution in [1.82, 2.24) is 9.38 Å². The van der Waals surface area contributed by atoms with E-state index in [4.69, 9.17) is 5.11 Å². The molecule has 0 aromatic carbocycles. The van der Waals surface area contributed by atoms with Gasteiger partial charge < -0.3 is 14.6 Å². The fourth-order valence-electron chi connectivity index (χ4n) is 1.67. The molecular weight excluding hydrogens is 246 g/mol. The van der Waals surface area contributed by atoms with Gasteiger partial charge in [-0.05, 0) is 13.0 Å². The lowest BCUT2D eigenvalue weighted by Gasteiger charge is -2.07. The number of aromatic carboxylic acids is 1. The maximum absolute atomic E-state index is 12.5. The maximum Gasteiger partial charge on any atom is 0.337 e. The molecule has 0 fully saturated rings. The summed E-state index contributed by atoms with van der Waals surface area (Å²) < 4.78 is 26.3. The second-order valence-electron chi connectivity index (χ2n) is 3.86. The minimum absolute atomic E-state index is 0.100. The number of halogens is 2. The van der Waals surface area contributed by atoms with Gasteiger partial charge in [-0.15, -0.1) is 0 Å². The predicted molar refractivity (Wildman–Crippen MR) is 57.7 cm³/mol. The summed E-state index contributed by atoms with van der Waals surface area (Å²) in [6.45, 7) is 1.41. The van der Waals surface area contributed by atoms with Crippen LogP contribution in [0.25, 0.3) is 5.65 Å². The lowest BCUT2D eigenvalue weighted by atomic mass is 10.1. The monoisotopic (exact) mass is 256 g/mol. The van der Waals surface area contributed by atoms with Gasteiger partial charge in [-0.25, -0.2) is 18.6 Å². The highest BCUT2D eigenvalue weighted by molar-refractivity contribution is 5.88. The zero-order valence-electron chi connectivity index (χ0n) is 9.34. The van der Waals surface area contributed by atoms with E-state index in [1.165, 1.54) is 23.6 Å². The van der Waals surface area contributed by atoms with Crippen molar-refractivity contribution in [3.63, 3.8) is 0 Å². The normalized spacial score (nSPS) is 13.2. The number of pyridine rings is 1. The molecule has 0 saturated heterocycles. The SMILES string of the molecule is CC(O)c1cc(C(=O)O)cn2cc(C(F)F)nc12. The summed E-state index contributed by atoms with van der Waals surface area (Å²) in [6.07, 6.45) is -1.51. The lowest BCUT2D eigenvalue weighted by Crippen LogP contribution is -2.04. The molecule has 0 aliphatic heterocycles. The van der Waals surface area contributed by atoms with Crippen molar-refractivity contribution >= 4 is 11.6 Å². The largest absolute Gasteiger partial charge is 0.478 e. The van der Waals surface area contributed by atoms with Crippen LogP contribution in [0.3, 0.4) is 0 Å². The van der Waals surface area contributed by atoms with Crippen LogP contribution in [0.2, 0.25) is 0 Å². The van der Waals surface area contributed by atoms with Crippen molar-refractivity contribution in [3.05, 3.63) is 35.3 Å². The summed E-state index contributed by atoms with van der Waals surface area (Å²) in [4.78, 5) is 14.6. The Bertz CT molecular complexity index is 608. The number of aliphatic hydroxyl groups excluding tert-OH is 1. The smallest absolute Gasteiger partial charge is 0.337 e. The molecule has 2 heterocycles. The first-order valence-corrected chi connectivity index (χ1v) is 5.12. The molecule has 5 nitrogen and oxygen atoms in total. The van der Waals surface area contributed by atoms with Crippen LogP contribution in [0.4, 0.5) is 8.78 Å². The van der Waals surface area contributed by atoms with Crippen LogP contribution < -0.4 is 0 Å². The third-order valence-corrected chi connectivity index (χ3v) is 2.52. The summed E-state index contributed by atoms with van der Waals surface area (Å²) in [6, 6.07) is 1.23. The van der Waals surface area contributed by atoms with Crippen LogP contribution in [0.1, 0.15) is 41.1 Å². The predicted octanol–water partition coefficient (Wildman–Crippen LogP) is 2.02. The Morgan fingerprint density at radius 3 is 2.61 bits per heavy atom. The Labute approximate surface area is 100 Å². The quantitative estimate of drug-likeness (QED) is 0.881. The van der Waals surface area contributed by atoms with Gasteiger partial charge in [0.1, 0.15) is 11.3 Å². The number of fused-ring (bicyclic) bond motifs is 1. The van der Waals surface area contributed by atoms with Gasteiger partial charge in [0.15, 0.2) is 0 Å². The van der Waals surface area contributed by atoms with Crippen LogP contribution in [0.15, 0.2) is 18.5 Å². The molecule has 1 unspecified atom stereocenters. The van der Waals surface area contributed by atoms with E-state index in [1.54, 1.807) is 0 Å². The number of carboxylic acid groups (broad SMARTS) is 1. The van der Waals surface area contributed by atoms with Gasteiger partial charge in [0, 0.05) is 18.0 Å². The fraction of sp³-hybridized carbons (Fsp3) is 0.273.